The Morgan fingerprint density at radius 3 is 2.44 bits per heavy atom. The van der Waals surface area contributed by atoms with E-state index < -0.39 is 18.0 Å². The van der Waals surface area contributed by atoms with Crippen LogP contribution in [-0.4, -0.2) is 31.2 Å². The van der Waals surface area contributed by atoms with Crippen LogP contribution in [0, 0.1) is 6.92 Å². The number of benzene rings is 2. The normalized spacial score (nSPS) is 13.7. The number of nitrogens with one attached hydrogen (secondary N) is 1. The highest BCUT2D eigenvalue weighted by atomic mass is 16.6. The molecular formula is C19H19NO5. The zero-order valence-corrected chi connectivity index (χ0v) is 14.1. The number of fused-ring (bicyclic) bond motifs is 1. The third-order valence-corrected chi connectivity index (χ3v) is 3.75. The molecule has 2 aromatic rings. The van der Waals surface area contributed by atoms with Crippen LogP contribution in [0.25, 0.3) is 0 Å². The molecule has 0 saturated carbocycles. The number of amides is 1. The fourth-order valence-corrected chi connectivity index (χ4v) is 2.34. The van der Waals surface area contributed by atoms with Crippen LogP contribution in [0.15, 0.2) is 42.5 Å². The second kappa shape index (κ2) is 7.25. The molecule has 25 heavy (non-hydrogen) atoms. The lowest BCUT2D eigenvalue weighted by atomic mass is 10.1. The molecule has 0 aliphatic carbocycles. The van der Waals surface area contributed by atoms with Crippen LogP contribution in [0.2, 0.25) is 0 Å². The number of ether oxygens (including phenoxy) is 3. The molecule has 0 spiro atoms. The minimum Gasteiger partial charge on any atom is -0.486 e. The van der Waals surface area contributed by atoms with Gasteiger partial charge in [-0.05, 0) is 38.1 Å². The van der Waals surface area contributed by atoms with Gasteiger partial charge in [0.2, 0.25) is 0 Å². The third-order valence-electron chi connectivity index (χ3n) is 3.75. The van der Waals surface area contributed by atoms with Gasteiger partial charge in [-0.3, -0.25) is 4.79 Å². The molecule has 3 rings (SSSR count). The lowest BCUT2D eigenvalue weighted by molar-refractivity contribution is -0.123. The van der Waals surface area contributed by atoms with E-state index in [4.69, 9.17) is 14.2 Å². The first kappa shape index (κ1) is 16.8. The largest absolute Gasteiger partial charge is 0.486 e. The summed E-state index contributed by atoms with van der Waals surface area (Å²) in [5.74, 6) is 0.262. The van der Waals surface area contributed by atoms with Gasteiger partial charge in [0, 0.05) is 11.8 Å². The fraction of sp³-hybridized carbons (Fsp3) is 0.263. The number of carbonyl (C=O) groups excluding carboxylic acids is 2. The molecule has 1 amide bonds. The topological polar surface area (TPSA) is 73.9 Å². The van der Waals surface area contributed by atoms with E-state index in [1.807, 2.05) is 19.1 Å². The number of carbonyl (C=O) groups is 2. The van der Waals surface area contributed by atoms with Crippen molar-refractivity contribution in [2.75, 3.05) is 18.5 Å². The molecule has 0 radical (unpaired) electrons. The lowest BCUT2D eigenvalue weighted by Crippen LogP contribution is -2.30. The van der Waals surface area contributed by atoms with Crippen LogP contribution in [0.1, 0.15) is 22.8 Å². The van der Waals surface area contributed by atoms with Crippen molar-refractivity contribution in [2.45, 2.75) is 20.0 Å². The van der Waals surface area contributed by atoms with E-state index in [1.165, 1.54) is 6.92 Å². The molecule has 0 bridgehead atoms. The van der Waals surface area contributed by atoms with Gasteiger partial charge in [-0.25, -0.2) is 4.79 Å². The predicted octanol–water partition coefficient (Wildman–Crippen LogP) is 2.95. The average Bonchev–Trinajstić information content (AvgIpc) is 2.62. The highest BCUT2D eigenvalue weighted by Crippen LogP contribution is 2.32. The minimum atomic E-state index is -0.929. The summed E-state index contributed by atoms with van der Waals surface area (Å²) in [6, 6.07) is 12.1. The summed E-state index contributed by atoms with van der Waals surface area (Å²) in [4.78, 5) is 24.3. The Balaban J connectivity index is 1.60. The molecule has 0 fully saturated rings. The number of hydrogen-bond acceptors (Lipinski definition) is 5. The van der Waals surface area contributed by atoms with Gasteiger partial charge < -0.3 is 19.5 Å². The fourth-order valence-electron chi connectivity index (χ4n) is 2.34. The molecule has 6 nitrogen and oxygen atoms in total. The zero-order chi connectivity index (χ0) is 17.8. The Labute approximate surface area is 145 Å². The molecular weight excluding hydrogens is 322 g/mol. The molecule has 1 aliphatic rings. The maximum atomic E-state index is 12.2. The molecule has 1 aliphatic heterocycles. The van der Waals surface area contributed by atoms with Crippen molar-refractivity contribution >= 4 is 17.6 Å². The zero-order valence-electron chi connectivity index (χ0n) is 14.1. The van der Waals surface area contributed by atoms with E-state index >= 15 is 0 Å². The first-order valence-corrected chi connectivity index (χ1v) is 8.01. The first-order valence-electron chi connectivity index (χ1n) is 8.01. The minimum absolute atomic E-state index is 0.407. The van der Waals surface area contributed by atoms with Crippen molar-refractivity contribution in [3.63, 3.8) is 0 Å². The number of rotatable bonds is 4. The van der Waals surface area contributed by atoms with Crippen LogP contribution in [0.4, 0.5) is 5.69 Å². The smallest absolute Gasteiger partial charge is 0.338 e. The van der Waals surface area contributed by atoms with E-state index in [0.29, 0.717) is 36.0 Å². The van der Waals surface area contributed by atoms with Gasteiger partial charge in [-0.1, -0.05) is 17.7 Å². The molecule has 0 unspecified atom stereocenters. The molecule has 2 aromatic carbocycles. The molecule has 1 atom stereocenters. The van der Waals surface area contributed by atoms with E-state index in [1.54, 1.807) is 30.3 Å². The molecule has 0 aromatic heterocycles. The molecule has 0 saturated heterocycles. The molecule has 1 heterocycles. The summed E-state index contributed by atoms with van der Waals surface area (Å²) >= 11 is 0. The maximum absolute atomic E-state index is 12.2. The number of hydrogen-bond donors (Lipinski definition) is 1. The van der Waals surface area contributed by atoms with Gasteiger partial charge in [-0.15, -0.1) is 0 Å². The number of anilines is 1. The highest BCUT2D eigenvalue weighted by Gasteiger charge is 2.20. The quantitative estimate of drug-likeness (QED) is 0.866. The molecule has 1 N–H and O–H groups in total. The Bertz CT molecular complexity index is 785. The standard InChI is InChI=1S/C19H19NO5/c1-12-3-5-14(6-4-12)19(22)25-13(2)18(21)20-15-7-8-16-17(11-15)24-10-9-23-16/h3-8,11,13H,9-10H2,1-2H3,(H,20,21)/t13-/m1/s1. The SMILES string of the molecule is Cc1ccc(C(=O)O[C@H](C)C(=O)Nc2ccc3c(c2)OCCO3)cc1. The summed E-state index contributed by atoms with van der Waals surface area (Å²) in [7, 11) is 0. The van der Waals surface area contributed by atoms with Gasteiger partial charge >= 0.3 is 5.97 Å². The second-order valence-electron chi connectivity index (χ2n) is 5.76. The summed E-state index contributed by atoms with van der Waals surface area (Å²) in [5, 5.41) is 2.71. The van der Waals surface area contributed by atoms with Gasteiger partial charge in [0.1, 0.15) is 13.2 Å². The van der Waals surface area contributed by atoms with Crippen LogP contribution in [0.5, 0.6) is 11.5 Å². The van der Waals surface area contributed by atoms with Gasteiger partial charge in [0.25, 0.3) is 5.91 Å². The van der Waals surface area contributed by atoms with Crippen molar-refractivity contribution in [2.24, 2.45) is 0 Å². The van der Waals surface area contributed by atoms with E-state index in [2.05, 4.69) is 5.32 Å². The monoisotopic (exact) mass is 341 g/mol. The first-order chi connectivity index (χ1) is 12.0. The van der Waals surface area contributed by atoms with Gasteiger partial charge in [-0.2, -0.15) is 0 Å². The lowest BCUT2D eigenvalue weighted by Gasteiger charge is -2.19. The van der Waals surface area contributed by atoms with E-state index in [0.717, 1.165) is 5.56 Å². The van der Waals surface area contributed by atoms with Crippen molar-refractivity contribution < 1.29 is 23.8 Å². The predicted molar refractivity (Wildman–Crippen MR) is 92.1 cm³/mol. The van der Waals surface area contributed by atoms with Crippen molar-refractivity contribution in [3.05, 3.63) is 53.6 Å². The average molecular weight is 341 g/mol. The van der Waals surface area contributed by atoms with Crippen LogP contribution >= 0.6 is 0 Å². The van der Waals surface area contributed by atoms with Gasteiger partial charge in [0.15, 0.2) is 17.6 Å². The summed E-state index contributed by atoms with van der Waals surface area (Å²) in [6.07, 6.45) is -0.929. The van der Waals surface area contributed by atoms with Gasteiger partial charge in [0.05, 0.1) is 5.56 Å². The van der Waals surface area contributed by atoms with Crippen molar-refractivity contribution in [1.29, 1.82) is 0 Å². The summed E-state index contributed by atoms with van der Waals surface area (Å²) < 4.78 is 16.1. The van der Waals surface area contributed by atoms with Crippen LogP contribution in [-0.2, 0) is 9.53 Å². The Morgan fingerprint density at radius 1 is 1.04 bits per heavy atom. The number of aryl methyl sites for hydroxylation is 1. The second-order valence-corrected chi connectivity index (χ2v) is 5.76. The van der Waals surface area contributed by atoms with Crippen LogP contribution in [0.3, 0.4) is 0 Å². The Kier molecular flexibility index (Phi) is 4.88. The van der Waals surface area contributed by atoms with E-state index in [9.17, 15) is 9.59 Å². The van der Waals surface area contributed by atoms with Crippen LogP contribution < -0.4 is 14.8 Å². The Hall–Kier alpha value is -3.02. The summed E-state index contributed by atoms with van der Waals surface area (Å²) in [6.45, 7) is 4.43. The summed E-state index contributed by atoms with van der Waals surface area (Å²) in [5.41, 5.74) is 2.00. The Morgan fingerprint density at radius 2 is 1.72 bits per heavy atom. The van der Waals surface area contributed by atoms with E-state index in [-0.39, 0.29) is 0 Å². The maximum Gasteiger partial charge on any atom is 0.338 e. The molecule has 130 valence electrons. The third kappa shape index (κ3) is 4.09. The van der Waals surface area contributed by atoms with Crippen molar-refractivity contribution in [3.8, 4) is 11.5 Å². The molecule has 6 heteroatoms. The number of esters is 1. The van der Waals surface area contributed by atoms with Crippen molar-refractivity contribution in [1.82, 2.24) is 0 Å². The highest BCUT2D eigenvalue weighted by molar-refractivity contribution is 5.97.